The van der Waals surface area contributed by atoms with E-state index in [0.29, 0.717) is 11.3 Å². The van der Waals surface area contributed by atoms with Crippen molar-refractivity contribution in [2.24, 2.45) is 11.3 Å². The lowest BCUT2D eigenvalue weighted by Crippen LogP contribution is -2.42. The van der Waals surface area contributed by atoms with Crippen LogP contribution in [0.3, 0.4) is 0 Å². The van der Waals surface area contributed by atoms with Gasteiger partial charge in [0, 0.05) is 13.1 Å². The summed E-state index contributed by atoms with van der Waals surface area (Å²) in [6.07, 6.45) is 5.36. The molecule has 3 nitrogen and oxygen atoms in total. The second-order valence-corrected chi connectivity index (χ2v) is 6.61. The van der Waals surface area contributed by atoms with Gasteiger partial charge in [-0.15, -0.1) is 0 Å². The molecular weight excluding hydrogens is 226 g/mol. The summed E-state index contributed by atoms with van der Waals surface area (Å²) in [4.78, 5) is 2.32. The molecule has 108 valence electrons. The van der Waals surface area contributed by atoms with E-state index >= 15 is 0 Å². The number of unbranched alkanes of at least 4 members (excludes halogenated alkanes) is 1. The first-order valence-electron chi connectivity index (χ1n) is 7.50. The largest absolute Gasteiger partial charge is 0.395 e. The van der Waals surface area contributed by atoms with Gasteiger partial charge in [-0.05, 0) is 43.6 Å². The Morgan fingerprint density at radius 3 is 2.61 bits per heavy atom. The number of hydrogen-bond acceptors (Lipinski definition) is 3. The van der Waals surface area contributed by atoms with E-state index in [1.165, 1.54) is 12.8 Å². The van der Waals surface area contributed by atoms with E-state index < -0.39 is 0 Å². The molecule has 0 aromatic rings. The fourth-order valence-electron chi connectivity index (χ4n) is 3.06. The van der Waals surface area contributed by atoms with Crippen LogP contribution in [0.15, 0.2) is 0 Å². The first-order valence-corrected chi connectivity index (χ1v) is 7.50. The summed E-state index contributed by atoms with van der Waals surface area (Å²) in [5.41, 5.74) is 0.361. The second-order valence-electron chi connectivity index (χ2n) is 6.61. The topological polar surface area (TPSA) is 43.7 Å². The molecule has 0 radical (unpaired) electrons. The molecule has 1 rings (SSSR count). The van der Waals surface area contributed by atoms with E-state index in [9.17, 15) is 5.11 Å². The number of aliphatic hydroxyl groups excluding tert-OH is 2. The van der Waals surface area contributed by atoms with Crippen LogP contribution in [0, 0.1) is 11.3 Å². The van der Waals surface area contributed by atoms with E-state index in [1.54, 1.807) is 0 Å². The van der Waals surface area contributed by atoms with Crippen molar-refractivity contribution in [3.05, 3.63) is 0 Å². The third-order valence-electron chi connectivity index (χ3n) is 4.21. The van der Waals surface area contributed by atoms with Crippen LogP contribution in [-0.4, -0.2) is 47.5 Å². The standard InChI is InChI=1S/C15H31NO2/c1-4-5-8-16(9-10-17)12-13-11-15(2,3)7-6-14(13)18/h13-14,17-18H,4-12H2,1-3H3. The van der Waals surface area contributed by atoms with E-state index in [2.05, 4.69) is 25.7 Å². The Labute approximate surface area is 112 Å². The predicted molar refractivity (Wildman–Crippen MR) is 75.6 cm³/mol. The quantitative estimate of drug-likeness (QED) is 0.735. The first-order chi connectivity index (χ1) is 8.48. The second kappa shape index (κ2) is 7.46. The van der Waals surface area contributed by atoms with E-state index in [1.807, 2.05) is 0 Å². The van der Waals surface area contributed by atoms with Crippen LogP contribution in [0.25, 0.3) is 0 Å². The maximum absolute atomic E-state index is 10.2. The minimum atomic E-state index is -0.152. The molecule has 0 amide bonds. The maximum Gasteiger partial charge on any atom is 0.0581 e. The van der Waals surface area contributed by atoms with Crippen molar-refractivity contribution in [2.45, 2.75) is 59.0 Å². The van der Waals surface area contributed by atoms with Gasteiger partial charge in [0.25, 0.3) is 0 Å². The molecule has 3 heteroatoms. The summed E-state index contributed by atoms with van der Waals surface area (Å²) in [7, 11) is 0. The van der Waals surface area contributed by atoms with E-state index in [4.69, 9.17) is 5.11 Å². The minimum Gasteiger partial charge on any atom is -0.395 e. The molecule has 0 aliphatic heterocycles. The lowest BCUT2D eigenvalue weighted by molar-refractivity contribution is 0.00196. The van der Waals surface area contributed by atoms with Crippen molar-refractivity contribution in [1.82, 2.24) is 4.90 Å². The number of aliphatic hydroxyl groups is 2. The molecule has 0 spiro atoms. The molecule has 2 atom stereocenters. The Morgan fingerprint density at radius 1 is 1.28 bits per heavy atom. The lowest BCUT2D eigenvalue weighted by atomic mass is 9.70. The molecule has 0 aromatic carbocycles. The van der Waals surface area contributed by atoms with Crippen LogP contribution >= 0.6 is 0 Å². The molecule has 1 fully saturated rings. The van der Waals surface area contributed by atoms with Gasteiger partial charge in [-0.3, -0.25) is 0 Å². The fraction of sp³-hybridized carbons (Fsp3) is 1.00. The average molecular weight is 257 g/mol. The highest BCUT2D eigenvalue weighted by molar-refractivity contribution is 4.86. The Bertz CT molecular complexity index is 231. The maximum atomic E-state index is 10.2. The number of hydrogen-bond donors (Lipinski definition) is 2. The highest BCUT2D eigenvalue weighted by Gasteiger charge is 2.34. The van der Waals surface area contributed by atoms with Gasteiger partial charge in [0.05, 0.1) is 12.7 Å². The number of rotatable bonds is 7. The van der Waals surface area contributed by atoms with Crippen LogP contribution in [0.2, 0.25) is 0 Å². The summed E-state index contributed by atoms with van der Waals surface area (Å²) in [6, 6.07) is 0. The van der Waals surface area contributed by atoms with E-state index in [0.717, 1.165) is 38.9 Å². The van der Waals surface area contributed by atoms with Gasteiger partial charge in [-0.25, -0.2) is 0 Å². The highest BCUT2D eigenvalue weighted by atomic mass is 16.3. The monoisotopic (exact) mass is 257 g/mol. The Morgan fingerprint density at radius 2 is 2.00 bits per heavy atom. The van der Waals surface area contributed by atoms with Gasteiger partial charge in [-0.1, -0.05) is 27.2 Å². The molecule has 0 saturated heterocycles. The summed E-state index contributed by atoms with van der Waals surface area (Å²) >= 11 is 0. The summed E-state index contributed by atoms with van der Waals surface area (Å²) in [6.45, 7) is 9.73. The smallest absolute Gasteiger partial charge is 0.0581 e. The van der Waals surface area contributed by atoms with Crippen molar-refractivity contribution in [2.75, 3.05) is 26.2 Å². The Kier molecular flexibility index (Phi) is 6.61. The van der Waals surface area contributed by atoms with Crippen LogP contribution in [0.1, 0.15) is 52.9 Å². The molecule has 18 heavy (non-hydrogen) atoms. The summed E-state index contributed by atoms with van der Waals surface area (Å²) in [5, 5.41) is 19.3. The molecule has 2 unspecified atom stereocenters. The third-order valence-corrected chi connectivity index (χ3v) is 4.21. The fourth-order valence-corrected chi connectivity index (χ4v) is 3.06. The van der Waals surface area contributed by atoms with Crippen molar-refractivity contribution in [1.29, 1.82) is 0 Å². The van der Waals surface area contributed by atoms with Gasteiger partial charge in [-0.2, -0.15) is 0 Å². The number of nitrogens with zero attached hydrogens (tertiary/aromatic N) is 1. The van der Waals surface area contributed by atoms with E-state index in [-0.39, 0.29) is 12.7 Å². The third kappa shape index (κ3) is 5.25. The SMILES string of the molecule is CCCCN(CCO)CC1CC(C)(C)CCC1O. The van der Waals surface area contributed by atoms with Crippen molar-refractivity contribution < 1.29 is 10.2 Å². The van der Waals surface area contributed by atoms with Crippen LogP contribution in [0.5, 0.6) is 0 Å². The van der Waals surface area contributed by atoms with Gasteiger partial charge in [0.1, 0.15) is 0 Å². The Balaban J connectivity index is 2.49. The van der Waals surface area contributed by atoms with Crippen molar-refractivity contribution in [3.8, 4) is 0 Å². The zero-order valence-corrected chi connectivity index (χ0v) is 12.4. The normalized spacial score (nSPS) is 27.7. The average Bonchev–Trinajstić information content (AvgIpc) is 2.31. The van der Waals surface area contributed by atoms with Crippen molar-refractivity contribution in [3.63, 3.8) is 0 Å². The summed E-state index contributed by atoms with van der Waals surface area (Å²) in [5.74, 6) is 0.372. The minimum absolute atomic E-state index is 0.152. The predicted octanol–water partition coefficient (Wildman–Crippen LogP) is 2.27. The highest BCUT2D eigenvalue weighted by Crippen LogP contribution is 2.39. The van der Waals surface area contributed by atoms with Crippen molar-refractivity contribution >= 4 is 0 Å². The van der Waals surface area contributed by atoms with Gasteiger partial charge < -0.3 is 15.1 Å². The Hall–Kier alpha value is -0.120. The zero-order chi connectivity index (χ0) is 13.6. The first kappa shape index (κ1) is 15.9. The molecule has 1 saturated carbocycles. The van der Waals surface area contributed by atoms with Gasteiger partial charge in [0.2, 0.25) is 0 Å². The van der Waals surface area contributed by atoms with Crippen LogP contribution < -0.4 is 0 Å². The lowest BCUT2D eigenvalue weighted by Gasteiger charge is -2.40. The van der Waals surface area contributed by atoms with Gasteiger partial charge >= 0.3 is 0 Å². The molecule has 1 aliphatic carbocycles. The molecule has 2 N–H and O–H groups in total. The molecule has 1 aliphatic rings. The van der Waals surface area contributed by atoms with Crippen LogP contribution in [-0.2, 0) is 0 Å². The molecule has 0 aromatic heterocycles. The molecular formula is C15H31NO2. The molecule has 0 heterocycles. The molecule has 0 bridgehead atoms. The van der Waals surface area contributed by atoms with Gasteiger partial charge in [0.15, 0.2) is 0 Å². The summed E-state index contributed by atoms with van der Waals surface area (Å²) < 4.78 is 0. The zero-order valence-electron chi connectivity index (χ0n) is 12.4. The van der Waals surface area contributed by atoms with Crippen LogP contribution in [0.4, 0.5) is 0 Å².